The van der Waals surface area contributed by atoms with Gasteiger partial charge in [0.15, 0.2) is 0 Å². The molecule has 4 N–H and O–H groups in total. The molecule has 134 valence electrons. The zero-order valence-corrected chi connectivity index (χ0v) is 14.1. The largest absolute Gasteiger partial charge is 0.382 e. The molecule has 0 saturated carbocycles. The predicted molar refractivity (Wildman–Crippen MR) is 89.7 cm³/mol. The number of anilines is 1. The monoisotopic (exact) mass is 361 g/mol. The normalized spacial score (nSPS) is 15.6. The molecule has 2 rings (SSSR count). The summed E-state index contributed by atoms with van der Waals surface area (Å²) in [6.07, 6.45) is 3.80. The summed E-state index contributed by atoms with van der Waals surface area (Å²) in [5.41, 5.74) is 12.3. The van der Waals surface area contributed by atoms with E-state index in [1.165, 1.54) is 6.20 Å². The van der Waals surface area contributed by atoms with Crippen LogP contribution in [0.4, 0.5) is 14.6 Å². The van der Waals surface area contributed by atoms with Crippen molar-refractivity contribution in [3.8, 4) is 0 Å². The molecule has 1 aromatic heterocycles. The number of amides is 1. The Morgan fingerprint density at radius 1 is 1.25 bits per heavy atom. The van der Waals surface area contributed by atoms with Crippen molar-refractivity contribution in [2.45, 2.75) is 38.1 Å². The van der Waals surface area contributed by atoms with Gasteiger partial charge in [-0.15, -0.1) is 12.4 Å². The van der Waals surface area contributed by atoms with E-state index in [4.69, 9.17) is 11.5 Å². The molecule has 0 unspecified atom stereocenters. The Bertz CT molecular complexity index is 568. The van der Waals surface area contributed by atoms with Gasteiger partial charge in [-0.25, -0.2) is 4.98 Å². The second-order valence-electron chi connectivity index (χ2n) is 5.62. The van der Waals surface area contributed by atoms with Crippen LogP contribution in [0.15, 0.2) is 24.0 Å². The van der Waals surface area contributed by atoms with E-state index in [1.807, 2.05) is 0 Å². The molecule has 1 saturated heterocycles. The number of aromatic nitrogens is 2. The summed E-state index contributed by atoms with van der Waals surface area (Å²) < 4.78 is 25.0. The highest BCUT2D eigenvalue weighted by Crippen LogP contribution is 2.22. The van der Waals surface area contributed by atoms with Crippen LogP contribution in [0.25, 0.3) is 0 Å². The maximum atomic E-state index is 12.5. The van der Waals surface area contributed by atoms with Crippen molar-refractivity contribution in [3.63, 3.8) is 0 Å². The Labute approximate surface area is 145 Å². The predicted octanol–water partition coefficient (Wildman–Crippen LogP) is 1.90. The van der Waals surface area contributed by atoms with Crippen LogP contribution >= 0.6 is 12.4 Å². The number of carbonyl (C=O) groups is 1. The molecule has 1 aliphatic rings. The highest BCUT2D eigenvalue weighted by Gasteiger charge is 2.25. The summed E-state index contributed by atoms with van der Waals surface area (Å²) in [4.78, 5) is 21.9. The van der Waals surface area contributed by atoms with E-state index >= 15 is 0 Å². The van der Waals surface area contributed by atoms with Gasteiger partial charge in [-0.3, -0.25) is 9.78 Å². The second-order valence-corrected chi connectivity index (χ2v) is 5.62. The van der Waals surface area contributed by atoms with Gasteiger partial charge in [-0.1, -0.05) is 0 Å². The van der Waals surface area contributed by atoms with E-state index in [0.29, 0.717) is 38.2 Å². The third kappa shape index (κ3) is 5.68. The van der Waals surface area contributed by atoms with E-state index in [9.17, 15) is 13.6 Å². The smallest absolute Gasteiger partial charge is 0.269 e. The van der Waals surface area contributed by atoms with Crippen molar-refractivity contribution in [2.24, 2.45) is 5.73 Å². The Kier molecular flexibility index (Phi) is 8.00. The number of nitrogens with two attached hydrogens (primary N) is 2. The zero-order chi connectivity index (χ0) is 16.8. The van der Waals surface area contributed by atoms with Gasteiger partial charge in [0.2, 0.25) is 5.91 Å². The topological polar surface area (TPSA) is 98.1 Å². The molecular formula is C15H22ClF2N5O. The summed E-state index contributed by atoms with van der Waals surface area (Å²) in [7, 11) is 0. The molecule has 9 heteroatoms. The molecule has 1 amide bonds. The van der Waals surface area contributed by atoms with Gasteiger partial charge in [-0.2, -0.15) is 8.78 Å². The molecule has 0 bridgehead atoms. The van der Waals surface area contributed by atoms with Crippen LogP contribution in [0, 0.1) is 0 Å². The number of halogens is 3. The number of hydrogen-bond acceptors (Lipinski definition) is 5. The lowest BCUT2D eigenvalue weighted by atomic mass is 10.0. The Hall–Kier alpha value is -1.80. The Balaban J connectivity index is 0.00000288. The third-order valence-corrected chi connectivity index (χ3v) is 3.94. The van der Waals surface area contributed by atoms with E-state index in [-0.39, 0.29) is 36.7 Å². The molecule has 2 heterocycles. The van der Waals surface area contributed by atoms with Crippen LogP contribution in [-0.2, 0) is 11.2 Å². The van der Waals surface area contributed by atoms with Crippen molar-refractivity contribution in [1.82, 2.24) is 14.9 Å². The Morgan fingerprint density at radius 3 is 2.46 bits per heavy atom. The van der Waals surface area contributed by atoms with Gasteiger partial charge >= 0.3 is 0 Å². The number of rotatable bonds is 5. The number of piperidine rings is 1. The summed E-state index contributed by atoms with van der Waals surface area (Å²) in [5.74, 6) is 0.190. The number of nitrogen functional groups attached to an aromatic ring is 1. The van der Waals surface area contributed by atoms with Gasteiger partial charge in [-0.05, 0) is 37.7 Å². The summed E-state index contributed by atoms with van der Waals surface area (Å²) in [6.45, 7) is 0.616. The third-order valence-electron chi connectivity index (χ3n) is 3.94. The van der Waals surface area contributed by atoms with E-state index in [1.54, 1.807) is 11.1 Å². The molecule has 1 aliphatic heterocycles. The SMILES string of the molecule is Cl.Nc1cnc(CCC[C@H](N)C(=O)N2CCC(=C(F)F)CC2)cn1. The lowest BCUT2D eigenvalue weighted by Gasteiger charge is -2.30. The fourth-order valence-corrected chi connectivity index (χ4v) is 2.54. The van der Waals surface area contributed by atoms with Crippen molar-refractivity contribution < 1.29 is 13.6 Å². The number of nitrogens with zero attached hydrogens (tertiary/aromatic N) is 3. The molecule has 6 nitrogen and oxygen atoms in total. The lowest BCUT2D eigenvalue weighted by molar-refractivity contribution is -0.133. The minimum atomic E-state index is -1.62. The highest BCUT2D eigenvalue weighted by atomic mass is 35.5. The van der Waals surface area contributed by atoms with Crippen molar-refractivity contribution in [3.05, 3.63) is 29.7 Å². The molecule has 0 radical (unpaired) electrons. The van der Waals surface area contributed by atoms with Gasteiger partial charge in [0.05, 0.1) is 24.1 Å². The minimum absolute atomic E-state index is 0. The first-order valence-corrected chi connectivity index (χ1v) is 7.61. The van der Waals surface area contributed by atoms with Gasteiger partial charge in [0, 0.05) is 13.1 Å². The molecule has 0 spiro atoms. The molecule has 1 atom stereocenters. The fraction of sp³-hybridized carbons (Fsp3) is 0.533. The summed E-state index contributed by atoms with van der Waals surface area (Å²) in [5, 5.41) is 0. The van der Waals surface area contributed by atoms with Crippen LogP contribution in [-0.4, -0.2) is 39.9 Å². The molecule has 24 heavy (non-hydrogen) atoms. The molecule has 0 aliphatic carbocycles. The first kappa shape index (κ1) is 20.2. The average Bonchev–Trinajstić information content (AvgIpc) is 2.56. The summed E-state index contributed by atoms with van der Waals surface area (Å²) in [6, 6.07) is -0.613. The number of hydrogen-bond donors (Lipinski definition) is 2. The Morgan fingerprint density at radius 2 is 1.92 bits per heavy atom. The summed E-state index contributed by atoms with van der Waals surface area (Å²) >= 11 is 0. The molecule has 0 aromatic carbocycles. The van der Waals surface area contributed by atoms with Crippen molar-refractivity contribution in [2.75, 3.05) is 18.8 Å². The first-order valence-electron chi connectivity index (χ1n) is 7.61. The molecule has 1 aromatic rings. The second kappa shape index (κ2) is 9.48. The zero-order valence-electron chi connectivity index (χ0n) is 13.3. The van der Waals surface area contributed by atoms with E-state index in [2.05, 4.69) is 9.97 Å². The maximum absolute atomic E-state index is 12.5. The van der Waals surface area contributed by atoms with Gasteiger partial charge < -0.3 is 16.4 Å². The van der Waals surface area contributed by atoms with E-state index in [0.717, 1.165) is 5.69 Å². The first-order chi connectivity index (χ1) is 11.0. The van der Waals surface area contributed by atoms with Crippen molar-refractivity contribution >= 4 is 24.1 Å². The van der Waals surface area contributed by atoms with Crippen LogP contribution in [0.5, 0.6) is 0 Å². The quantitative estimate of drug-likeness (QED) is 0.834. The number of aryl methyl sites for hydroxylation is 1. The van der Waals surface area contributed by atoms with Crippen LogP contribution in [0.1, 0.15) is 31.4 Å². The molecule has 1 fully saturated rings. The minimum Gasteiger partial charge on any atom is -0.382 e. The van der Waals surface area contributed by atoms with Crippen molar-refractivity contribution in [1.29, 1.82) is 0 Å². The van der Waals surface area contributed by atoms with Crippen LogP contribution < -0.4 is 11.5 Å². The average molecular weight is 362 g/mol. The number of carbonyl (C=O) groups excluding carboxylic acids is 1. The van der Waals surface area contributed by atoms with Gasteiger partial charge in [0.25, 0.3) is 6.08 Å². The van der Waals surface area contributed by atoms with Gasteiger partial charge in [0.1, 0.15) is 5.82 Å². The van der Waals surface area contributed by atoms with Crippen LogP contribution in [0.2, 0.25) is 0 Å². The molecular weight excluding hydrogens is 340 g/mol. The number of likely N-dealkylation sites (tertiary alicyclic amines) is 1. The highest BCUT2D eigenvalue weighted by molar-refractivity contribution is 5.85. The standard InChI is InChI=1S/C15H21F2N5O.ClH/c16-14(17)10-4-6-22(7-5-10)15(23)12(18)3-1-2-11-8-21-13(19)9-20-11;/h8-9,12H,1-7,18H2,(H2,19,21);1H/t12-;/m0./s1. The lowest BCUT2D eigenvalue weighted by Crippen LogP contribution is -2.46. The van der Waals surface area contributed by atoms with Crippen LogP contribution in [0.3, 0.4) is 0 Å². The fourth-order valence-electron chi connectivity index (χ4n) is 2.54. The maximum Gasteiger partial charge on any atom is 0.269 e. The van der Waals surface area contributed by atoms with E-state index < -0.39 is 12.1 Å².